The summed E-state index contributed by atoms with van der Waals surface area (Å²) in [7, 11) is 3.52. The van der Waals surface area contributed by atoms with Crippen LogP contribution in [0, 0.1) is 5.41 Å². The molecule has 1 aliphatic rings. The molecule has 0 bridgehead atoms. The molecule has 1 amide bonds. The Hall–Kier alpha value is -1.55. The smallest absolute Gasteiger partial charge is 0.229 e. The van der Waals surface area contributed by atoms with Crippen molar-refractivity contribution in [1.29, 1.82) is 0 Å². The van der Waals surface area contributed by atoms with Crippen LogP contribution in [0.3, 0.4) is 0 Å². The molecule has 0 aliphatic carbocycles. The van der Waals surface area contributed by atoms with Crippen molar-refractivity contribution < 1.29 is 9.53 Å². The Labute approximate surface area is 114 Å². The average molecular weight is 262 g/mol. The van der Waals surface area contributed by atoms with Crippen molar-refractivity contribution in [2.75, 3.05) is 27.2 Å². The number of hydrogen-bond donors (Lipinski definition) is 1. The molecule has 0 radical (unpaired) electrons. The third-order valence-corrected chi connectivity index (χ3v) is 3.81. The molecule has 104 valence electrons. The van der Waals surface area contributed by atoms with Crippen molar-refractivity contribution in [1.82, 2.24) is 10.2 Å². The minimum absolute atomic E-state index is 0.216. The van der Waals surface area contributed by atoms with E-state index < -0.39 is 0 Å². The zero-order valence-corrected chi connectivity index (χ0v) is 11.9. The van der Waals surface area contributed by atoms with Crippen LogP contribution < -0.4 is 10.1 Å². The van der Waals surface area contributed by atoms with Crippen molar-refractivity contribution in [3.63, 3.8) is 0 Å². The number of nitrogens with one attached hydrogen (secondary N) is 1. The molecule has 1 atom stereocenters. The molecule has 4 heteroatoms. The summed E-state index contributed by atoms with van der Waals surface area (Å²) in [6, 6.07) is 7.84. The number of nitrogens with zero attached hydrogens (tertiary/aromatic N) is 1. The molecule has 1 aromatic rings. The van der Waals surface area contributed by atoms with Crippen molar-refractivity contribution in [3.8, 4) is 5.75 Å². The Bertz CT molecular complexity index is 436. The van der Waals surface area contributed by atoms with Gasteiger partial charge >= 0.3 is 0 Å². The van der Waals surface area contributed by atoms with Crippen LogP contribution in [0.2, 0.25) is 0 Å². The van der Waals surface area contributed by atoms with E-state index in [2.05, 4.69) is 5.32 Å². The third kappa shape index (κ3) is 3.07. The van der Waals surface area contributed by atoms with Gasteiger partial charge < -0.3 is 15.0 Å². The van der Waals surface area contributed by atoms with E-state index in [1.54, 1.807) is 7.11 Å². The van der Waals surface area contributed by atoms with Crippen LogP contribution >= 0.6 is 0 Å². The van der Waals surface area contributed by atoms with E-state index >= 15 is 0 Å². The summed E-state index contributed by atoms with van der Waals surface area (Å²) in [6.45, 7) is 4.38. The van der Waals surface area contributed by atoms with Gasteiger partial charge in [0.05, 0.1) is 12.5 Å². The van der Waals surface area contributed by atoms with Gasteiger partial charge in [0.1, 0.15) is 5.75 Å². The number of methoxy groups -OCH3 is 1. The first kappa shape index (κ1) is 13.9. The van der Waals surface area contributed by atoms with E-state index in [1.807, 2.05) is 43.1 Å². The lowest BCUT2D eigenvalue weighted by atomic mass is 9.88. The highest BCUT2D eigenvalue weighted by Crippen LogP contribution is 2.27. The molecule has 0 saturated carbocycles. The van der Waals surface area contributed by atoms with Gasteiger partial charge in [-0.2, -0.15) is 0 Å². The van der Waals surface area contributed by atoms with E-state index in [0.717, 1.165) is 30.8 Å². The Balaban J connectivity index is 1.99. The van der Waals surface area contributed by atoms with Gasteiger partial charge in [-0.15, -0.1) is 0 Å². The standard InChI is InChI=1S/C15H22N2O2/c1-15(8-9-16-11-15)14(18)17(2)10-12-4-6-13(19-3)7-5-12/h4-7,16H,8-11H2,1-3H3. The van der Waals surface area contributed by atoms with Crippen LogP contribution in [-0.4, -0.2) is 38.1 Å². The minimum Gasteiger partial charge on any atom is -0.497 e. The molecule has 1 aromatic carbocycles. The summed E-state index contributed by atoms with van der Waals surface area (Å²) >= 11 is 0. The maximum atomic E-state index is 12.5. The molecule has 1 N–H and O–H groups in total. The molecule has 1 fully saturated rings. The summed E-state index contributed by atoms with van der Waals surface area (Å²) in [4.78, 5) is 14.3. The maximum Gasteiger partial charge on any atom is 0.229 e. The third-order valence-electron chi connectivity index (χ3n) is 3.81. The first-order valence-corrected chi connectivity index (χ1v) is 6.64. The van der Waals surface area contributed by atoms with Crippen molar-refractivity contribution >= 4 is 5.91 Å². The number of amides is 1. The summed E-state index contributed by atoms with van der Waals surface area (Å²) in [5.74, 6) is 1.05. The second-order valence-corrected chi connectivity index (χ2v) is 5.50. The fourth-order valence-corrected chi connectivity index (χ4v) is 2.54. The predicted molar refractivity (Wildman–Crippen MR) is 75.1 cm³/mol. The normalized spacial score (nSPS) is 22.3. The van der Waals surface area contributed by atoms with Crippen LogP contribution in [0.25, 0.3) is 0 Å². The van der Waals surface area contributed by atoms with E-state index in [0.29, 0.717) is 6.54 Å². The summed E-state index contributed by atoms with van der Waals surface area (Å²) < 4.78 is 5.13. The zero-order chi connectivity index (χ0) is 13.9. The number of rotatable bonds is 4. The van der Waals surface area contributed by atoms with Crippen LogP contribution in [0.1, 0.15) is 18.9 Å². The van der Waals surface area contributed by atoms with Gasteiger partial charge in [0.15, 0.2) is 0 Å². The van der Waals surface area contributed by atoms with Crippen LogP contribution in [-0.2, 0) is 11.3 Å². The van der Waals surface area contributed by atoms with Gasteiger partial charge in [-0.3, -0.25) is 4.79 Å². The van der Waals surface area contributed by atoms with E-state index in [1.165, 1.54) is 0 Å². The highest BCUT2D eigenvalue weighted by atomic mass is 16.5. The Morgan fingerprint density at radius 2 is 2.11 bits per heavy atom. The molecule has 0 aromatic heterocycles. The lowest BCUT2D eigenvalue weighted by molar-refractivity contribution is -0.139. The largest absolute Gasteiger partial charge is 0.497 e. The van der Waals surface area contributed by atoms with E-state index in [-0.39, 0.29) is 11.3 Å². The monoisotopic (exact) mass is 262 g/mol. The van der Waals surface area contributed by atoms with E-state index in [4.69, 9.17) is 4.74 Å². The van der Waals surface area contributed by atoms with Gasteiger partial charge in [-0.1, -0.05) is 12.1 Å². The SMILES string of the molecule is COc1ccc(CN(C)C(=O)C2(C)CCNC2)cc1. The summed E-state index contributed by atoms with van der Waals surface area (Å²) in [6.07, 6.45) is 0.915. The van der Waals surface area contributed by atoms with Gasteiger partial charge in [-0.05, 0) is 37.6 Å². The maximum absolute atomic E-state index is 12.5. The van der Waals surface area contributed by atoms with Gasteiger partial charge in [0.25, 0.3) is 0 Å². The number of benzene rings is 1. The van der Waals surface area contributed by atoms with Crippen molar-refractivity contribution in [2.24, 2.45) is 5.41 Å². The van der Waals surface area contributed by atoms with Crippen LogP contribution in [0.15, 0.2) is 24.3 Å². The lowest BCUT2D eigenvalue weighted by Gasteiger charge is -2.28. The number of carbonyl (C=O) groups excluding carboxylic acids is 1. The van der Waals surface area contributed by atoms with Crippen LogP contribution in [0.5, 0.6) is 5.75 Å². The average Bonchev–Trinajstić information content (AvgIpc) is 2.87. The second kappa shape index (κ2) is 5.61. The minimum atomic E-state index is -0.249. The molecule has 1 aliphatic heterocycles. The summed E-state index contributed by atoms with van der Waals surface area (Å²) in [5, 5.41) is 3.26. The van der Waals surface area contributed by atoms with Gasteiger partial charge in [0.2, 0.25) is 5.91 Å². The van der Waals surface area contributed by atoms with Crippen LogP contribution in [0.4, 0.5) is 0 Å². The Morgan fingerprint density at radius 1 is 1.42 bits per heavy atom. The molecule has 1 saturated heterocycles. The zero-order valence-electron chi connectivity index (χ0n) is 11.9. The molecular formula is C15H22N2O2. The van der Waals surface area contributed by atoms with Crippen molar-refractivity contribution in [3.05, 3.63) is 29.8 Å². The topological polar surface area (TPSA) is 41.6 Å². The number of carbonyl (C=O) groups is 1. The second-order valence-electron chi connectivity index (χ2n) is 5.50. The quantitative estimate of drug-likeness (QED) is 0.897. The highest BCUT2D eigenvalue weighted by molar-refractivity contribution is 5.82. The summed E-state index contributed by atoms with van der Waals surface area (Å²) in [5.41, 5.74) is 0.868. The number of ether oxygens (including phenoxy) is 1. The molecule has 0 spiro atoms. The van der Waals surface area contributed by atoms with E-state index in [9.17, 15) is 4.79 Å². The Kier molecular flexibility index (Phi) is 4.10. The molecule has 1 heterocycles. The molecule has 19 heavy (non-hydrogen) atoms. The van der Waals surface area contributed by atoms with Gasteiger partial charge in [0, 0.05) is 20.1 Å². The molecular weight excluding hydrogens is 240 g/mol. The lowest BCUT2D eigenvalue weighted by Crippen LogP contribution is -2.41. The molecule has 2 rings (SSSR count). The van der Waals surface area contributed by atoms with Crippen molar-refractivity contribution in [2.45, 2.75) is 19.9 Å². The first-order valence-electron chi connectivity index (χ1n) is 6.64. The molecule has 1 unspecified atom stereocenters. The highest BCUT2D eigenvalue weighted by Gasteiger charge is 2.38. The number of hydrogen-bond acceptors (Lipinski definition) is 3. The first-order chi connectivity index (χ1) is 9.05. The molecule has 4 nitrogen and oxygen atoms in total. The fourth-order valence-electron chi connectivity index (χ4n) is 2.54. The predicted octanol–water partition coefficient (Wildman–Crippen LogP) is 1.65. The Morgan fingerprint density at radius 3 is 2.63 bits per heavy atom. The van der Waals surface area contributed by atoms with Gasteiger partial charge in [-0.25, -0.2) is 0 Å². The fraction of sp³-hybridized carbons (Fsp3) is 0.533.